The quantitative estimate of drug-likeness (QED) is 0.507. The molecule has 0 radical (unpaired) electrons. The Balaban J connectivity index is 1.58. The number of alkyl halides is 2. The third-order valence-electron chi connectivity index (χ3n) is 4.38. The number of H-pyrrole nitrogens is 1. The van der Waals surface area contributed by atoms with Crippen LogP contribution in [0.1, 0.15) is 15.9 Å². The number of aromatic amines is 1. The van der Waals surface area contributed by atoms with E-state index in [1.165, 1.54) is 25.4 Å². The van der Waals surface area contributed by atoms with E-state index < -0.39 is 23.9 Å². The molecule has 0 aliphatic heterocycles. The van der Waals surface area contributed by atoms with Gasteiger partial charge in [0.1, 0.15) is 5.56 Å². The zero-order valence-corrected chi connectivity index (χ0v) is 16.4. The first-order chi connectivity index (χ1) is 14.9. The Morgan fingerprint density at radius 2 is 1.87 bits per heavy atom. The first-order valence-electron chi connectivity index (χ1n) is 9.16. The summed E-state index contributed by atoms with van der Waals surface area (Å²) in [6, 6.07) is 11.1. The number of benzene rings is 2. The van der Waals surface area contributed by atoms with Crippen molar-refractivity contribution in [2.24, 2.45) is 0 Å². The van der Waals surface area contributed by atoms with Gasteiger partial charge in [0.15, 0.2) is 11.5 Å². The number of rotatable bonds is 8. The zero-order chi connectivity index (χ0) is 22.4. The average molecular weight is 431 g/mol. The van der Waals surface area contributed by atoms with E-state index >= 15 is 0 Å². The summed E-state index contributed by atoms with van der Waals surface area (Å²) in [5, 5.41) is 5.29. The van der Waals surface area contributed by atoms with Crippen molar-refractivity contribution in [2.75, 3.05) is 13.7 Å². The monoisotopic (exact) mass is 431 g/mol. The number of methoxy groups -OCH3 is 1. The van der Waals surface area contributed by atoms with Crippen molar-refractivity contribution in [2.45, 2.75) is 13.2 Å². The van der Waals surface area contributed by atoms with Crippen LogP contribution >= 0.6 is 0 Å². The molecule has 0 bridgehead atoms. The number of hydrogen-bond donors (Lipinski definition) is 3. The van der Waals surface area contributed by atoms with Crippen LogP contribution in [0, 0.1) is 0 Å². The average Bonchev–Trinajstić information content (AvgIpc) is 2.76. The summed E-state index contributed by atoms with van der Waals surface area (Å²) in [5.74, 6) is -1.26. The minimum Gasteiger partial charge on any atom is -0.493 e. The lowest BCUT2D eigenvalue weighted by Gasteiger charge is -2.12. The van der Waals surface area contributed by atoms with Crippen molar-refractivity contribution in [3.63, 3.8) is 0 Å². The van der Waals surface area contributed by atoms with Gasteiger partial charge in [-0.1, -0.05) is 18.2 Å². The highest BCUT2D eigenvalue weighted by Crippen LogP contribution is 2.29. The van der Waals surface area contributed by atoms with E-state index in [1.54, 1.807) is 30.3 Å². The highest BCUT2D eigenvalue weighted by Gasteiger charge is 2.15. The molecule has 0 aliphatic carbocycles. The van der Waals surface area contributed by atoms with Crippen LogP contribution in [0.3, 0.4) is 0 Å². The van der Waals surface area contributed by atoms with Gasteiger partial charge < -0.3 is 25.1 Å². The Hall–Kier alpha value is -3.95. The SMILES string of the molecule is COc1ccc(CNC(=O)CNC(=O)c2c[nH]c3ccccc3c2=O)cc1OC(F)F. The van der Waals surface area contributed by atoms with E-state index in [2.05, 4.69) is 20.4 Å². The van der Waals surface area contributed by atoms with Crippen LogP contribution in [-0.4, -0.2) is 37.1 Å². The zero-order valence-electron chi connectivity index (χ0n) is 16.4. The topological polar surface area (TPSA) is 110 Å². The van der Waals surface area contributed by atoms with Gasteiger partial charge in [0.25, 0.3) is 5.91 Å². The van der Waals surface area contributed by atoms with E-state index in [4.69, 9.17) is 4.74 Å². The minimum absolute atomic E-state index is 0.00878. The Kier molecular flexibility index (Phi) is 6.81. The molecular formula is C21H19F2N3O5. The van der Waals surface area contributed by atoms with E-state index in [9.17, 15) is 23.2 Å². The fraction of sp³-hybridized carbons (Fsp3) is 0.190. The predicted octanol–water partition coefficient (Wildman–Crippen LogP) is 2.18. The number of carbonyl (C=O) groups is 2. The van der Waals surface area contributed by atoms with Gasteiger partial charge in [0, 0.05) is 23.6 Å². The van der Waals surface area contributed by atoms with E-state index in [0.717, 1.165) is 0 Å². The van der Waals surface area contributed by atoms with Crippen LogP contribution in [0.2, 0.25) is 0 Å². The number of para-hydroxylation sites is 1. The maximum absolute atomic E-state index is 12.5. The van der Waals surface area contributed by atoms with Gasteiger partial charge in [-0.3, -0.25) is 14.4 Å². The molecule has 162 valence electrons. The molecule has 2 aromatic carbocycles. The largest absolute Gasteiger partial charge is 0.493 e. The summed E-state index contributed by atoms with van der Waals surface area (Å²) in [7, 11) is 1.32. The standard InChI is InChI=1S/C21H19F2N3O5/c1-30-16-7-6-12(8-17(16)31-21(22)23)9-25-18(27)11-26-20(29)14-10-24-15-5-3-2-4-13(15)19(14)28/h2-8,10,21H,9,11H2,1H3,(H,24,28)(H,25,27)(H,26,29). The molecule has 2 amide bonds. The normalized spacial score (nSPS) is 10.7. The smallest absolute Gasteiger partial charge is 0.387 e. The number of amides is 2. The van der Waals surface area contributed by atoms with Crippen molar-refractivity contribution < 1.29 is 27.8 Å². The van der Waals surface area contributed by atoms with Crippen LogP contribution < -0.4 is 25.5 Å². The molecule has 1 aromatic heterocycles. The summed E-state index contributed by atoms with van der Waals surface area (Å²) in [6.07, 6.45) is 1.29. The van der Waals surface area contributed by atoms with Crippen LogP contribution in [-0.2, 0) is 11.3 Å². The lowest BCUT2D eigenvalue weighted by atomic mass is 10.1. The Morgan fingerprint density at radius 3 is 2.61 bits per heavy atom. The second kappa shape index (κ2) is 9.70. The van der Waals surface area contributed by atoms with Crippen molar-refractivity contribution in [3.05, 3.63) is 70.0 Å². The fourth-order valence-electron chi connectivity index (χ4n) is 2.87. The first kappa shape index (κ1) is 21.8. The molecule has 0 fully saturated rings. The lowest BCUT2D eigenvalue weighted by Crippen LogP contribution is -2.38. The number of halogens is 2. The summed E-state index contributed by atoms with van der Waals surface area (Å²) < 4.78 is 34.3. The number of fused-ring (bicyclic) bond motifs is 1. The summed E-state index contributed by atoms with van der Waals surface area (Å²) in [6.45, 7) is -3.39. The number of pyridine rings is 1. The van der Waals surface area contributed by atoms with Gasteiger partial charge in [-0.25, -0.2) is 0 Å². The highest BCUT2D eigenvalue weighted by atomic mass is 19.3. The molecule has 8 nitrogen and oxygen atoms in total. The van der Waals surface area contributed by atoms with Crippen LogP contribution in [0.15, 0.2) is 53.5 Å². The van der Waals surface area contributed by atoms with Gasteiger partial charge in [0.2, 0.25) is 11.3 Å². The molecule has 3 aromatic rings. The number of aromatic nitrogens is 1. The highest BCUT2D eigenvalue weighted by molar-refractivity contribution is 5.98. The summed E-state index contributed by atoms with van der Waals surface area (Å²) in [4.78, 5) is 39.6. The Bertz CT molecular complexity index is 1160. The fourth-order valence-corrected chi connectivity index (χ4v) is 2.87. The Labute approximate surface area is 175 Å². The molecule has 1 heterocycles. The van der Waals surface area contributed by atoms with Gasteiger partial charge in [-0.2, -0.15) is 8.78 Å². The van der Waals surface area contributed by atoms with Crippen molar-refractivity contribution in [1.82, 2.24) is 15.6 Å². The number of ether oxygens (including phenoxy) is 2. The molecule has 0 saturated carbocycles. The van der Waals surface area contributed by atoms with Gasteiger partial charge in [-0.05, 0) is 29.8 Å². The maximum Gasteiger partial charge on any atom is 0.387 e. The second-order valence-electron chi connectivity index (χ2n) is 6.40. The van der Waals surface area contributed by atoms with E-state index in [0.29, 0.717) is 16.5 Å². The molecule has 0 aliphatic rings. The van der Waals surface area contributed by atoms with Crippen LogP contribution in [0.25, 0.3) is 10.9 Å². The molecule has 0 unspecified atom stereocenters. The molecular weight excluding hydrogens is 412 g/mol. The molecule has 0 saturated heterocycles. The molecule has 3 N–H and O–H groups in total. The number of nitrogens with one attached hydrogen (secondary N) is 3. The Morgan fingerprint density at radius 1 is 1.10 bits per heavy atom. The lowest BCUT2D eigenvalue weighted by molar-refractivity contribution is -0.120. The van der Waals surface area contributed by atoms with Crippen molar-refractivity contribution >= 4 is 22.7 Å². The van der Waals surface area contributed by atoms with Crippen molar-refractivity contribution in [3.8, 4) is 11.5 Å². The third-order valence-corrected chi connectivity index (χ3v) is 4.38. The van der Waals surface area contributed by atoms with Crippen LogP contribution in [0.4, 0.5) is 8.78 Å². The van der Waals surface area contributed by atoms with Gasteiger partial charge in [-0.15, -0.1) is 0 Å². The molecule has 3 rings (SSSR count). The second-order valence-corrected chi connectivity index (χ2v) is 6.40. The van der Waals surface area contributed by atoms with Crippen molar-refractivity contribution in [1.29, 1.82) is 0 Å². The predicted molar refractivity (Wildman–Crippen MR) is 108 cm³/mol. The number of hydrogen-bond acceptors (Lipinski definition) is 5. The summed E-state index contributed by atoms with van der Waals surface area (Å²) in [5.41, 5.74) is 0.520. The van der Waals surface area contributed by atoms with E-state index in [1.807, 2.05) is 0 Å². The maximum atomic E-state index is 12.5. The molecule has 10 heteroatoms. The molecule has 0 spiro atoms. The van der Waals surface area contributed by atoms with Crippen LogP contribution in [0.5, 0.6) is 11.5 Å². The third kappa shape index (κ3) is 5.35. The van der Waals surface area contributed by atoms with Gasteiger partial charge in [0.05, 0.1) is 13.7 Å². The first-order valence-corrected chi connectivity index (χ1v) is 9.16. The molecule has 31 heavy (non-hydrogen) atoms. The van der Waals surface area contributed by atoms with Gasteiger partial charge >= 0.3 is 6.61 Å². The van der Waals surface area contributed by atoms with E-state index in [-0.39, 0.29) is 30.2 Å². The minimum atomic E-state index is -3.02. The molecule has 0 atom stereocenters. The summed E-state index contributed by atoms with van der Waals surface area (Å²) >= 11 is 0. The number of carbonyl (C=O) groups excluding carboxylic acids is 2.